The van der Waals surface area contributed by atoms with Crippen LogP contribution in [0.2, 0.25) is 0 Å². The molecule has 132 heavy (non-hydrogen) atoms. The van der Waals surface area contributed by atoms with Gasteiger partial charge in [0.05, 0.1) is 59.4 Å². The number of aromatic amines is 2. The number of carbonyl (C=O) groups excluding carboxylic acids is 3. The summed E-state index contributed by atoms with van der Waals surface area (Å²) in [5.74, 6) is 4.09. The molecule has 3 saturated heterocycles. The van der Waals surface area contributed by atoms with Gasteiger partial charge in [0.2, 0.25) is 17.8 Å². The fourth-order valence-electron chi connectivity index (χ4n) is 19.8. The van der Waals surface area contributed by atoms with Crippen molar-refractivity contribution in [3.8, 4) is 34.3 Å². The number of nitrogens with zero attached hydrogens (tertiary/aromatic N) is 19. The highest BCUT2D eigenvalue weighted by Crippen LogP contribution is 2.43. The highest BCUT2D eigenvalue weighted by atomic mass is 32.1. The molecule has 24 rings (SSSR count). The summed E-state index contributed by atoms with van der Waals surface area (Å²) in [6, 6.07) is 35.9. The van der Waals surface area contributed by atoms with Gasteiger partial charge in [-0.15, -0.1) is 11.3 Å². The maximum absolute atomic E-state index is 13.6. The number of rotatable bonds is 9. The van der Waals surface area contributed by atoms with E-state index in [-0.39, 0.29) is 54.2 Å². The maximum atomic E-state index is 13.6. The third-order valence-corrected chi connectivity index (χ3v) is 27.9. The second-order valence-electron chi connectivity index (χ2n) is 35.4. The van der Waals surface area contributed by atoms with Crippen LogP contribution in [0, 0.1) is 0 Å². The molecular weight excluding hydrogens is 1690 g/mol. The van der Waals surface area contributed by atoms with Crippen LogP contribution in [-0.4, -0.2) is 213 Å². The number of benzene rings is 6. The quantitative estimate of drug-likeness (QED) is 0.0838. The predicted octanol–water partition coefficient (Wildman–Crippen LogP) is 13.8. The second-order valence-corrected chi connectivity index (χ2v) is 36.3. The van der Waals surface area contributed by atoms with E-state index in [1.54, 1.807) is 58.7 Å². The van der Waals surface area contributed by atoms with E-state index in [0.717, 1.165) is 125 Å². The van der Waals surface area contributed by atoms with E-state index in [4.69, 9.17) is 29.2 Å². The van der Waals surface area contributed by atoms with E-state index in [1.807, 2.05) is 92.9 Å². The Morgan fingerprint density at radius 3 is 1.20 bits per heavy atom. The number of allylic oxidation sites excluding steroid dienone is 6. The molecule has 9 aliphatic rings. The molecule has 0 saturated carbocycles. The van der Waals surface area contributed by atoms with E-state index in [1.165, 1.54) is 63.4 Å². The molecule has 0 radical (unpaired) electrons. The summed E-state index contributed by atoms with van der Waals surface area (Å²) in [6.45, 7) is 11.6. The van der Waals surface area contributed by atoms with Gasteiger partial charge in [-0.25, -0.2) is 43.0 Å². The van der Waals surface area contributed by atoms with Gasteiger partial charge in [-0.1, -0.05) is 48.6 Å². The van der Waals surface area contributed by atoms with Crippen molar-refractivity contribution in [3.05, 3.63) is 224 Å². The molecule has 0 spiro atoms. The zero-order valence-corrected chi connectivity index (χ0v) is 74.5. The summed E-state index contributed by atoms with van der Waals surface area (Å²) in [4.78, 5) is 129. The van der Waals surface area contributed by atoms with Crippen LogP contribution in [0.5, 0.6) is 17.2 Å². The van der Waals surface area contributed by atoms with Gasteiger partial charge in [0.25, 0.3) is 34.4 Å². The molecule has 18 heterocycles. The number of piperidine rings is 2. The lowest BCUT2D eigenvalue weighted by Gasteiger charge is -2.33. The number of likely N-dealkylation sites (tertiary alicyclic amines) is 2. The number of H-pyrrole nitrogens is 2. The number of hydrogen-bond donors (Lipinski definition) is 5. The van der Waals surface area contributed by atoms with Gasteiger partial charge in [-0.3, -0.25) is 28.8 Å². The van der Waals surface area contributed by atoms with Crippen LogP contribution in [0.4, 0.5) is 57.7 Å². The largest absolute Gasteiger partial charge is 0.482 e. The van der Waals surface area contributed by atoms with Gasteiger partial charge in [-0.2, -0.15) is 15.0 Å². The lowest BCUT2D eigenvalue weighted by molar-refractivity contribution is -0.122. The molecule has 5 N–H and O–H groups in total. The zero-order chi connectivity index (χ0) is 89.4. The first kappa shape index (κ1) is 83.2. The topological polar surface area (TPSA) is 327 Å². The summed E-state index contributed by atoms with van der Waals surface area (Å²) in [6.07, 6.45) is 30.7. The Morgan fingerprint density at radius 2 is 0.765 bits per heavy atom. The second kappa shape index (κ2) is 35.1. The van der Waals surface area contributed by atoms with Gasteiger partial charge < -0.3 is 74.4 Å². The van der Waals surface area contributed by atoms with Crippen LogP contribution in [-0.2, 0) is 34.0 Å². The molecule has 3 amide bonds. The van der Waals surface area contributed by atoms with Crippen LogP contribution in [0.3, 0.4) is 0 Å². The minimum atomic E-state index is -0.181. The van der Waals surface area contributed by atoms with Crippen molar-refractivity contribution in [1.82, 2.24) is 82.7 Å². The molecule has 9 aliphatic heterocycles. The van der Waals surface area contributed by atoms with Gasteiger partial charge >= 0.3 is 0 Å². The van der Waals surface area contributed by atoms with Crippen molar-refractivity contribution >= 4 is 152 Å². The summed E-state index contributed by atoms with van der Waals surface area (Å²) >= 11 is 1.78. The molecule has 6 aromatic carbocycles. The molecule has 0 aliphatic carbocycles. The Bertz CT molecular complexity index is 6680. The first-order valence-corrected chi connectivity index (χ1v) is 46.5. The minimum Gasteiger partial charge on any atom is -0.482 e. The minimum absolute atomic E-state index is 0.0209. The number of piperazine rings is 1. The standard InChI is InChI=1S/C33H34N8O3.C33H33N7O3S.C32H33N9O3/c1-38-14-10-21(11-15-38)25-18-34-27-16-22(6-8-24(25)27)36-33-35-19-26-31(37-33)41-23-7-9-29-28(17-23)39(30(42)20-44-29)12-4-2-3-5-13-40(41)32(26)43;1-37-14-10-21(11-15-37)26-20-44-29-16-22(6-8-24(26)29)35-33-34-18-25-31(36-33)40-23-7-9-28-27(17-23)38(30(41)19-43-28)12-4-2-3-5-13-39(40)32(25)42;1-37-12-14-38(15-13-37)27-19-33-25-16-21(6-8-23(25)27)35-32-34-18-24-30(36-32)41-22-7-9-28-26(17-22)39(29(42)20-44-28)10-4-2-3-5-11-40(41)31(24)43/h3,5-9,16-19,21,34H,2,4,10-15,20H2,1H3,(H,35,36,37);3,5-9,16-18,20-21H,2,4,10-15,19H2,1H3,(H,34,35,36);3,5-9,16-19,33H,2,4,10-15,20H2,1H3,(H,34,35,36). The van der Waals surface area contributed by atoms with Gasteiger partial charge in [0.15, 0.2) is 36.8 Å². The molecule has 33 nitrogen and oxygen atoms in total. The van der Waals surface area contributed by atoms with Crippen LogP contribution < -0.4 is 66.4 Å². The number of anilines is 10. The number of likely N-dealkylation sites (N-methyl/N-ethyl adjacent to an activating group) is 1. The molecule has 15 aromatic rings. The smallest absolute Gasteiger partial charge is 0.278 e. The summed E-state index contributed by atoms with van der Waals surface area (Å²) in [5.41, 5.74) is 13.9. The number of fused-ring (bicyclic) bond motifs is 18. The molecule has 0 unspecified atom stereocenters. The number of carbonyl (C=O) groups is 3. The molecule has 3 fully saturated rings. The van der Waals surface area contributed by atoms with Crippen LogP contribution in [0.25, 0.3) is 82.1 Å². The van der Waals surface area contributed by atoms with Gasteiger partial charge in [0, 0.05) is 120 Å². The monoisotopic (exact) mass is 1790 g/mol. The van der Waals surface area contributed by atoms with Crippen molar-refractivity contribution in [3.63, 3.8) is 0 Å². The highest BCUT2D eigenvalue weighted by molar-refractivity contribution is 7.17. The third-order valence-electron chi connectivity index (χ3n) is 26.9. The number of hydrogen-bond acceptors (Lipinski definition) is 23. The Labute approximate surface area is 761 Å². The first-order valence-electron chi connectivity index (χ1n) is 45.6. The Morgan fingerprint density at radius 1 is 0.379 bits per heavy atom. The highest BCUT2D eigenvalue weighted by Gasteiger charge is 2.34. The predicted molar refractivity (Wildman–Crippen MR) is 515 cm³/mol. The summed E-state index contributed by atoms with van der Waals surface area (Å²) in [5, 5.41) is 17.4. The van der Waals surface area contributed by atoms with Crippen LogP contribution in [0.1, 0.15) is 87.2 Å². The van der Waals surface area contributed by atoms with Crippen LogP contribution in [0.15, 0.2) is 196 Å². The molecule has 6 bridgehead atoms. The average Bonchev–Trinajstić information content (AvgIpc) is 1.60. The van der Waals surface area contributed by atoms with E-state index in [2.05, 4.69) is 166 Å². The molecule has 0 atom stereocenters. The van der Waals surface area contributed by atoms with E-state index >= 15 is 0 Å². The lowest BCUT2D eigenvalue weighted by atomic mass is 9.89. The fourth-order valence-corrected chi connectivity index (χ4v) is 20.8. The van der Waals surface area contributed by atoms with Crippen LogP contribution >= 0.6 is 11.3 Å². The number of thiophene rings is 1. The van der Waals surface area contributed by atoms with Crippen molar-refractivity contribution in [1.29, 1.82) is 0 Å². The average molecular weight is 1790 g/mol. The number of aromatic nitrogens is 14. The van der Waals surface area contributed by atoms with E-state index in [0.29, 0.717) is 148 Å². The normalized spacial score (nSPS) is 17.6. The Balaban J connectivity index is 0.000000116. The Kier molecular flexibility index (Phi) is 22.1. The maximum Gasteiger partial charge on any atom is 0.278 e. The summed E-state index contributed by atoms with van der Waals surface area (Å²) < 4.78 is 28.9. The zero-order valence-electron chi connectivity index (χ0n) is 73.6. The first-order chi connectivity index (χ1) is 64.6. The molecule has 672 valence electrons. The van der Waals surface area contributed by atoms with Crippen molar-refractivity contribution < 1.29 is 28.6 Å². The molecule has 34 heteroatoms. The number of nitrogens with one attached hydrogen (secondary N) is 5. The van der Waals surface area contributed by atoms with E-state index < -0.39 is 0 Å². The van der Waals surface area contributed by atoms with E-state index in [9.17, 15) is 28.8 Å². The van der Waals surface area contributed by atoms with Gasteiger partial charge in [0.1, 0.15) is 33.4 Å². The SMILES string of the molecule is CN1CCC(c2c[nH]c3cc(Nc4ncc5c(=O)n6n(c5n4)-c4ccc5c(c4)N(CCCC=CC6)C(=O)CO5)ccc23)CC1.CN1CCC(c2csc3cc(Nc4ncc5c(=O)n6n(c5n4)-c4ccc5c(c4)N(CCCC=CC6)C(=O)CO5)ccc23)CC1.CN1CCN(c2c[nH]c3cc(Nc4ncc5c(=O)n6n(c5n4)-c4ccc5c(c4)N(CCCC=CC6)C(=O)CO5)ccc23)CC1. The Hall–Kier alpha value is -14.5. The van der Waals surface area contributed by atoms with Gasteiger partial charge in [-0.05, 0) is 242 Å². The fraction of sp³-hybridized carbons (Fsp3) is 0.327. The lowest BCUT2D eigenvalue weighted by Crippen LogP contribution is -2.44. The van der Waals surface area contributed by atoms with Crippen molar-refractivity contribution in [2.45, 2.75) is 95.7 Å². The van der Waals surface area contributed by atoms with Crippen molar-refractivity contribution in [2.75, 3.05) is 149 Å². The third kappa shape index (κ3) is 15.8. The summed E-state index contributed by atoms with van der Waals surface area (Å²) in [7, 11) is 6.54. The molecule has 9 aromatic heterocycles. The number of amides is 3. The number of ether oxygens (including phenoxy) is 3. The van der Waals surface area contributed by atoms with Crippen molar-refractivity contribution in [2.24, 2.45) is 0 Å². The molecular formula is C98H100N24O9S.